The number of carbonyl (C=O) groups excluding carboxylic acids is 1. The summed E-state index contributed by atoms with van der Waals surface area (Å²) in [7, 11) is 1.22. The quantitative estimate of drug-likeness (QED) is 0.422. The summed E-state index contributed by atoms with van der Waals surface area (Å²) in [6.07, 6.45) is -6.50. The highest BCUT2D eigenvalue weighted by atomic mass is 16.6. The van der Waals surface area contributed by atoms with Crippen molar-refractivity contribution in [3.8, 4) is 17.2 Å². The van der Waals surface area contributed by atoms with Crippen molar-refractivity contribution in [2.45, 2.75) is 30.5 Å². The van der Waals surface area contributed by atoms with Gasteiger partial charge in [0.25, 0.3) is 0 Å². The van der Waals surface area contributed by atoms with Crippen LogP contribution in [0, 0.1) is 0 Å². The van der Waals surface area contributed by atoms with E-state index in [1.165, 1.54) is 7.11 Å². The maximum Gasteiger partial charge on any atom is 0.339 e. The number of aliphatic hydroxyl groups is 3. The fraction of sp³-hybridized carbons (Fsp3) is 0.500. The molecule has 5 atom stereocenters. The SMILES string of the molecule is COc1c(O)cc2c(c1O)[C@H]1O[C@H](CO)[C@@H](O)[C@H](O)[C@H]1OC2=O. The first-order valence-electron chi connectivity index (χ1n) is 6.87. The van der Waals surface area contributed by atoms with Gasteiger partial charge in [-0.2, -0.15) is 0 Å². The molecule has 0 radical (unpaired) electrons. The van der Waals surface area contributed by atoms with Crippen LogP contribution in [0.4, 0.5) is 0 Å². The maximum atomic E-state index is 12.1. The molecule has 9 nitrogen and oxygen atoms in total. The lowest BCUT2D eigenvalue weighted by atomic mass is 9.86. The molecule has 1 aromatic carbocycles. The van der Waals surface area contributed by atoms with Crippen LogP contribution in [0.1, 0.15) is 22.0 Å². The van der Waals surface area contributed by atoms with E-state index in [0.717, 1.165) is 6.07 Å². The van der Waals surface area contributed by atoms with Crippen LogP contribution in [0.2, 0.25) is 0 Å². The summed E-state index contributed by atoms with van der Waals surface area (Å²) >= 11 is 0. The number of hydrogen-bond acceptors (Lipinski definition) is 9. The fourth-order valence-electron chi connectivity index (χ4n) is 2.95. The van der Waals surface area contributed by atoms with Crippen molar-refractivity contribution < 1.29 is 44.5 Å². The monoisotopic (exact) mass is 328 g/mol. The molecule has 1 saturated heterocycles. The van der Waals surface area contributed by atoms with Gasteiger partial charge < -0.3 is 39.7 Å². The molecule has 3 rings (SSSR count). The number of carbonyl (C=O) groups is 1. The Morgan fingerprint density at radius 3 is 2.57 bits per heavy atom. The third kappa shape index (κ3) is 2.20. The van der Waals surface area contributed by atoms with Crippen molar-refractivity contribution in [3.05, 3.63) is 17.2 Å². The van der Waals surface area contributed by atoms with Crippen LogP contribution in [0.5, 0.6) is 17.2 Å². The highest BCUT2D eigenvalue weighted by Crippen LogP contribution is 2.49. The summed E-state index contributed by atoms with van der Waals surface area (Å²) < 4.78 is 15.4. The third-order valence-electron chi connectivity index (χ3n) is 4.09. The van der Waals surface area contributed by atoms with Gasteiger partial charge in [0.2, 0.25) is 5.75 Å². The van der Waals surface area contributed by atoms with Crippen LogP contribution in [0.3, 0.4) is 0 Å². The lowest BCUT2D eigenvalue weighted by molar-refractivity contribution is -0.235. The van der Waals surface area contributed by atoms with Crippen molar-refractivity contribution >= 4 is 5.97 Å². The molecule has 0 amide bonds. The number of phenols is 2. The molecule has 0 aliphatic carbocycles. The average molecular weight is 328 g/mol. The van der Waals surface area contributed by atoms with E-state index in [1.807, 2.05) is 0 Å². The first-order valence-corrected chi connectivity index (χ1v) is 6.87. The van der Waals surface area contributed by atoms with Gasteiger partial charge in [-0.15, -0.1) is 0 Å². The van der Waals surface area contributed by atoms with E-state index in [4.69, 9.17) is 14.2 Å². The Kier molecular flexibility index (Phi) is 3.80. The molecule has 0 aromatic heterocycles. The van der Waals surface area contributed by atoms with Gasteiger partial charge in [0.05, 0.1) is 19.3 Å². The average Bonchev–Trinajstić information content (AvgIpc) is 2.52. The third-order valence-corrected chi connectivity index (χ3v) is 4.09. The maximum absolute atomic E-state index is 12.1. The van der Waals surface area contributed by atoms with Crippen LogP contribution >= 0.6 is 0 Å². The smallest absolute Gasteiger partial charge is 0.339 e. The van der Waals surface area contributed by atoms with E-state index < -0.39 is 54.6 Å². The van der Waals surface area contributed by atoms with Crippen molar-refractivity contribution in [1.29, 1.82) is 0 Å². The molecule has 0 bridgehead atoms. The summed E-state index contributed by atoms with van der Waals surface area (Å²) in [4.78, 5) is 12.1. The van der Waals surface area contributed by atoms with E-state index in [0.29, 0.717) is 0 Å². The first kappa shape index (κ1) is 15.8. The van der Waals surface area contributed by atoms with Gasteiger partial charge >= 0.3 is 5.97 Å². The number of rotatable bonds is 2. The Hall–Kier alpha value is -2.07. The zero-order chi connectivity index (χ0) is 16.9. The molecule has 1 aromatic rings. The number of methoxy groups -OCH3 is 1. The predicted molar refractivity (Wildman–Crippen MR) is 72.2 cm³/mol. The number of aromatic hydroxyl groups is 2. The summed E-state index contributed by atoms with van der Waals surface area (Å²) in [6.45, 7) is -0.583. The Morgan fingerprint density at radius 1 is 1.26 bits per heavy atom. The number of benzene rings is 1. The van der Waals surface area contributed by atoms with Crippen LogP contribution in [0.15, 0.2) is 6.07 Å². The topological polar surface area (TPSA) is 146 Å². The summed E-state index contributed by atoms with van der Waals surface area (Å²) in [6, 6.07) is 1.06. The van der Waals surface area contributed by atoms with E-state index in [9.17, 15) is 30.3 Å². The highest BCUT2D eigenvalue weighted by Gasteiger charge is 2.52. The first-order chi connectivity index (χ1) is 10.9. The van der Waals surface area contributed by atoms with Crippen molar-refractivity contribution in [2.24, 2.45) is 0 Å². The largest absolute Gasteiger partial charge is 0.504 e. The number of hydrogen-bond donors (Lipinski definition) is 5. The molecule has 9 heteroatoms. The number of phenolic OH excluding ortho intramolecular Hbond substituents is 2. The Bertz CT molecular complexity index is 644. The molecule has 0 unspecified atom stereocenters. The minimum absolute atomic E-state index is 0.0368. The number of esters is 1. The van der Waals surface area contributed by atoms with Gasteiger partial charge in [0, 0.05) is 5.56 Å². The molecule has 1 fully saturated rings. The summed E-state index contributed by atoms with van der Waals surface area (Å²) in [5.41, 5.74) is -0.187. The molecule has 0 spiro atoms. The van der Waals surface area contributed by atoms with Gasteiger partial charge in [-0.3, -0.25) is 0 Å². The highest BCUT2D eigenvalue weighted by molar-refractivity contribution is 5.95. The van der Waals surface area contributed by atoms with Crippen LogP contribution in [-0.4, -0.2) is 69.6 Å². The van der Waals surface area contributed by atoms with E-state index in [-0.39, 0.29) is 16.9 Å². The molecule has 0 saturated carbocycles. The summed E-state index contributed by atoms with van der Waals surface area (Å²) in [5, 5.41) is 49.3. The van der Waals surface area contributed by atoms with Gasteiger partial charge in [-0.1, -0.05) is 0 Å². The van der Waals surface area contributed by atoms with Crippen LogP contribution in [0.25, 0.3) is 0 Å². The van der Waals surface area contributed by atoms with Crippen molar-refractivity contribution in [1.82, 2.24) is 0 Å². The normalized spacial score (nSPS) is 32.7. The standard InChI is InChI=1S/C14H16O9/c1-21-11-5(16)2-4-7(9(11)18)12-13(23-14(4)20)10(19)8(17)6(3-15)22-12/h2,6,8,10,12-13,15-19H,3H2,1H3/t6-,8-,10+,12-,13-/m1/s1. The number of fused-ring (bicyclic) bond motifs is 3. The molecule has 2 heterocycles. The zero-order valence-corrected chi connectivity index (χ0v) is 12.0. The lowest BCUT2D eigenvalue weighted by Crippen LogP contribution is -2.58. The second-order valence-corrected chi connectivity index (χ2v) is 5.37. The van der Waals surface area contributed by atoms with Gasteiger partial charge in [-0.05, 0) is 6.07 Å². The van der Waals surface area contributed by atoms with Crippen LogP contribution < -0.4 is 4.74 Å². The molecule has 2 aliphatic heterocycles. The van der Waals surface area contributed by atoms with Crippen molar-refractivity contribution in [3.63, 3.8) is 0 Å². The Balaban J connectivity index is 2.16. The van der Waals surface area contributed by atoms with Gasteiger partial charge in [0.1, 0.15) is 24.4 Å². The fourth-order valence-corrected chi connectivity index (χ4v) is 2.95. The molecule has 5 N–H and O–H groups in total. The van der Waals surface area contributed by atoms with E-state index in [1.54, 1.807) is 0 Å². The predicted octanol–water partition coefficient (Wildman–Crippen LogP) is -1.20. The van der Waals surface area contributed by atoms with Crippen LogP contribution in [-0.2, 0) is 9.47 Å². The zero-order valence-electron chi connectivity index (χ0n) is 12.0. The Labute approximate surface area is 130 Å². The Morgan fingerprint density at radius 2 is 1.96 bits per heavy atom. The number of ether oxygens (including phenoxy) is 3. The van der Waals surface area contributed by atoms with E-state index in [2.05, 4.69) is 0 Å². The molecule has 126 valence electrons. The van der Waals surface area contributed by atoms with Gasteiger partial charge in [0.15, 0.2) is 17.6 Å². The number of aliphatic hydroxyl groups excluding tert-OH is 3. The summed E-state index contributed by atoms with van der Waals surface area (Å²) in [5.74, 6) is -2.16. The molecule has 23 heavy (non-hydrogen) atoms. The second-order valence-electron chi connectivity index (χ2n) is 5.37. The molecular weight excluding hydrogens is 312 g/mol. The minimum Gasteiger partial charge on any atom is -0.504 e. The van der Waals surface area contributed by atoms with Crippen molar-refractivity contribution in [2.75, 3.05) is 13.7 Å². The van der Waals surface area contributed by atoms with Gasteiger partial charge in [-0.25, -0.2) is 4.79 Å². The molecule has 2 aliphatic rings. The lowest BCUT2D eigenvalue weighted by Gasteiger charge is -2.44. The minimum atomic E-state index is -1.51. The second kappa shape index (κ2) is 5.53. The van der Waals surface area contributed by atoms with E-state index >= 15 is 0 Å². The molecular formula is C14H16O9.